The molecule has 0 radical (unpaired) electrons. The molecule has 3 aliphatic carbocycles. The molecule has 0 bridgehead atoms. The number of hydrogen-bond donors (Lipinski definition) is 5. The lowest BCUT2D eigenvalue weighted by Crippen LogP contribution is -2.63. The number of nitrogens with zero attached hydrogens (tertiary/aromatic N) is 3. The number of ketones is 2. The zero-order valence-corrected chi connectivity index (χ0v) is 24.9. The quantitative estimate of drug-likeness (QED) is 0.276. The molecule has 4 atom stereocenters. The van der Waals surface area contributed by atoms with Crippen LogP contribution in [0.1, 0.15) is 47.7 Å². The van der Waals surface area contributed by atoms with Gasteiger partial charge in [0.2, 0.25) is 5.78 Å². The SMILES string of the molecule is CCN(CCN1CCCC1)Cc1cc(O)c2c(c1Cl)C[C@H]1C[C@H]3[C@H](N(C)C)C(O)=C(C(N)=O)C(=O)[C@@]3(O)C(O)=C1C2=O. The number of amides is 1. The number of hydrogen-bond acceptors (Lipinski definition) is 10. The van der Waals surface area contributed by atoms with E-state index in [-0.39, 0.29) is 29.7 Å². The summed E-state index contributed by atoms with van der Waals surface area (Å²) in [7, 11) is 3.19. The van der Waals surface area contributed by atoms with E-state index in [0.29, 0.717) is 22.7 Å². The van der Waals surface area contributed by atoms with Crippen LogP contribution in [0.5, 0.6) is 5.75 Å². The molecule has 4 aliphatic rings. The van der Waals surface area contributed by atoms with Crippen LogP contribution >= 0.6 is 11.6 Å². The highest BCUT2D eigenvalue weighted by Crippen LogP contribution is 2.53. The summed E-state index contributed by atoms with van der Waals surface area (Å²) in [4.78, 5) is 45.6. The molecule has 0 aromatic heterocycles. The maximum Gasteiger partial charge on any atom is 0.255 e. The summed E-state index contributed by atoms with van der Waals surface area (Å²) < 4.78 is 0. The lowest BCUT2D eigenvalue weighted by molar-refractivity contribution is -0.148. The van der Waals surface area contributed by atoms with Crippen LogP contribution in [0.2, 0.25) is 5.02 Å². The van der Waals surface area contributed by atoms with E-state index in [9.17, 15) is 34.8 Å². The predicted molar refractivity (Wildman–Crippen MR) is 155 cm³/mol. The zero-order valence-electron chi connectivity index (χ0n) is 24.2. The van der Waals surface area contributed by atoms with Crippen LogP contribution < -0.4 is 5.73 Å². The first-order valence-corrected chi connectivity index (χ1v) is 14.8. The molecule has 0 unspecified atom stereocenters. The number of rotatable bonds is 8. The monoisotopic (exact) mass is 602 g/mol. The highest BCUT2D eigenvalue weighted by Gasteiger charge is 2.63. The van der Waals surface area contributed by atoms with Crippen molar-refractivity contribution in [2.45, 2.75) is 50.8 Å². The van der Waals surface area contributed by atoms with Gasteiger partial charge in [-0.05, 0) is 82.5 Å². The molecule has 12 heteroatoms. The van der Waals surface area contributed by atoms with Crippen LogP contribution in [0.4, 0.5) is 0 Å². The average molecular weight is 603 g/mol. The van der Waals surface area contributed by atoms with Crippen LogP contribution in [-0.4, -0.2) is 111 Å². The summed E-state index contributed by atoms with van der Waals surface area (Å²) in [6.45, 7) is 7.27. The molecule has 1 amide bonds. The zero-order chi connectivity index (χ0) is 30.7. The van der Waals surface area contributed by atoms with E-state index in [1.807, 2.05) is 0 Å². The molecular weight excluding hydrogens is 564 g/mol. The number of benzene rings is 1. The number of phenols is 1. The second-order valence-corrected chi connectivity index (χ2v) is 12.5. The number of aliphatic hydroxyl groups excluding tert-OH is 2. The second-order valence-electron chi connectivity index (χ2n) is 12.1. The molecule has 1 aromatic rings. The topological polar surface area (TPSA) is 168 Å². The minimum Gasteiger partial charge on any atom is -0.510 e. The van der Waals surface area contributed by atoms with Crippen LogP contribution in [0.3, 0.4) is 0 Å². The lowest BCUT2D eigenvalue weighted by atomic mass is 9.58. The fourth-order valence-electron chi connectivity index (χ4n) is 7.35. The number of Topliss-reactive ketones (excluding diaryl/α,β-unsaturated/α-hetero) is 2. The van der Waals surface area contributed by atoms with E-state index in [4.69, 9.17) is 17.3 Å². The van der Waals surface area contributed by atoms with Gasteiger partial charge < -0.3 is 31.1 Å². The molecule has 1 fully saturated rings. The Hall–Kier alpha value is -2.96. The van der Waals surface area contributed by atoms with Crippen molar-refractivity contribution in [1.82, 2.24) is 14.7 Å². The summed E-state index contributed by atoms with van der Waals surface area (Å²) in [6, 6.07) is 0.426. The highest BCUT2D eigenvalue weighted by molar-refractivity contribution is 6.33. The van der Waals surface area contributed by atoms with E-state index in [0.717, 1.165) is 32.7 Å². The fourth-order valence-corrected chi connectivity index (χ4v) is 7.63. The van der Waals surface area contributed by atoms with Crippen molar-refractivity contribution in [3.05, 3.63) is 50.4 Å². The van der Waals surface area contributed by atoms with Gasteiger partial charge in [0.1, 0.15) is 22.8 Å². The van der Waals surface area contributed by atoms with Crippen LogP contribution in [-0.2, 0) is 22.6 Å². The van der Waals surface area contributed by atoms with E-state index in [2.05, 4.69) is 16.7 Å². The number of likely N-dealkylation sites (tertiary alicyclic amines) is 1. The molecule has 0 spiro atoms. The van der Waals surface area contributed by atoms with E-state index in [1.54, 1.807) is 14.1 Å². The average Bonchev–Trinajstić information content (AvgIpc) is 3.44. The third-order valence-corrected chi connectivity index (χ3v) is 9.97. The van der Waals surface area contributed by atoms with E-state index < -0.39 is 58.0 Å². The normalized spacial score (nSPS) is 28.0. The predicted octanol–water partition coefficient (Wildman–Crippen LogP) is 1.69. The third-order valence-electron chi connectivity index (χ3n) is 9.50. The van der Waals surface area contributed by atoms with Crippen molar-refractivity contribution in [3.63, 3.8) is 0 Å². The van der Waals surface area contributed by atoms with E-state index in [1.165, 1.54) is 23.8 Å². The molecular formula is C30H39ClN4O7. The van der Waals surface area contributed by atoms with Crippen molar-refractivity contribution in [2.24, 2.45) is 17.6 Å². The number of carbonyl (C=O) groups excluding carboxylic acids is 3. The number of aromatic hydroxyl groups is 1. The summed E-state index contributed by atoms with van der Waals surface area (Å²) >= 11 is 6.91. The van der Waals surface area contributed by atoms with Crippen molar-refractivity contribution in [3.8, 4) is 5.75 Å². The Morgan fingerprint density at radius 2 is 1.86 bits per heavy atom. The number of primary amides is 1. The summed E-state index contributed by atoms with van der Waals surface area (Å²) in [5.41, 5.74) is 2.73. The van der Waals surface area contributed by atoms with Crippen molar-refractivity contribution in [2.75, 3.05) is 46.8 Å². The fraction of sp³-hybridized carbons (Fsp3) is 0.567. The van der Waals surface area contributed by atoms with Crippen LogP contribution in [0.25, 0.3) is 0 Å². The molecule has 1 aliphatic heterocycles. The Morgan fingerprint density at radius 1 is 1.19 bits per heavy atom. The smallest absolute Gasteiger partial charge is 0.255 e. The minimum atomic E-state index is -2.67. The van der Waals surface area contributed by atoms with E-state index >= 15 is 0 Å². The molecule has 5 rings (SSSR count). The van der Waals surface area contributed by atoms with Gasteiger partial charge in [-0.2, -0.15) is 0 Å². The third kappa shape index (κ3) is 4.71. The van der Waals surface area contributed by atoms with Gasteiger partial charge in [0, 0.05) is 36.1 Å². The van der Waals surface area contributed by atoms with Gasteiger partial charge in [-0.15, -0.1) is 0 Å². The van der Waals surface area contributed by atoms with Crippen molar-refractivity contribution in [1.29, 1.82) is 0 Å². The van der Waals surface area contributed by atoms with Crippen molar-refractivity contribution < 1.29 is 34.8 Å². The Morgan fingerprint density at radius 3 is 2.45 bits per heavy atom. The van der Waals surface area contributed by atoms with Crippen LogP contribution in [0.15, 0.2) is 28.7 Å². The van der Waals surface area contributed by atoms with Gasteiger partial charge in [0.25, 0.3) is 5.91 Å². The number of carbonyl (C=O) groups is 3. The number of phenolic OH excluding ortho intramolecular Hbond substituents is 1. The standard InChI is InChI=1S/C30H39ClN4O7/c1-4-34(9-10-35-7-5-6-8-35)14-16-13-19(36)21-17(23(16)31)11-15-12-18-24(33(2)3)26(38)22(29(32)41)28(40)30(18,42)27(39)20(15)25(21)37/h13,15,18,24,36,38-39,42H,4-12,14H2,1-3H3,(H2,32,41)/t15-,18-,24-,30-/m0/s1. The van der Waals surface area contributed by atoms with Crippen molar-refractivity contribution >= 4 is 29.1 Å². The molecule has 0 saturated carbocycles. The van der Waals surface area contributed by atoms with Gasteiger partial charge in [-0.3, -0.25) is 24.2 Å². The Balaban J connectivity index is 1.53. The Bertz CT molecular complexity index is 1400. The number of aliphatic hydroxyl groups is 3. The molecule has 1 heterocycles. The summed E-state index contributed by atoms with van der Waals surface area (Å²) in [5, 5.41) is 45.5. The molecule has 11 nitrogen and oxygen atoms in total. The summed E-state index contributed by atoms with van der Waals surface area (Å²) in [6.07, 6.45) is 2.60. The van der Waals surface area contributed by atoms with Gasteiger partial charge in [-0.1, -0.05) is 18.5 Å². The molecule has 1 aromatic carbocycles. The van der Waals surface area contributed by atoms with Gasteiger partial charge in [-0.25, -0.2) is 0 Å². The molecule has 42 heavy (non-hydrogen) atoms. The summed E-state index contributed by atoms with van der Waals surface area (Å²) in [5.74, 6) is -6.79. The maximum absolute atomic E-state index is 13.9. The maximum atomic E-state index is 13.9. The number of nitrogens with two attached hydrogens (primary N) is 1. The van der Waals surface area contributed by atoms with Gasteiger partial charge >= 0.3 is 0 Å². The lowest BCUT2D eigenvalue weighted by Gasteiger charge is -2.50. The minimum absolute atomic E-state index is 0.0179. The first-order chi connectivity index (χ1) is 19.8. The highest BCUT2D eigenvalue weighted by atomic mass is 35.5. The Labute approximate surface area is 249 Å². The Kier molecular flexibility index (Phi) is 8.19. The van der Waals surface area contributed by atoms with Crippen LogP contribution in [0, 0.1) is 11.8 Å². The number of fused-ring (bicyclic) bond motifs is 3. The van der Waals surface area contributed by atoms with Gasteiger partial charge in [0.05, 0.1) is 11.6 Å². The largest absolute Gasteiger partial charge is 0.510 e. The first kappa shape index (κ1) is 30.5. The first-order valence-electron chi connectivity index (χ1n) is 14.5. The number of likely N-dealkylation sites (N-methyl/N-ethyl adjacent to an activating group) is 2. The molecule has 228 valence electrons. The number of allylic oxidation sites excluding steroid dienone is 1. The second kappa shape index (κ2) is 11.3. The number of halogens is 1. The van der Waals surface area contributed by atoms with Gasteiger partial charge in [0.15, 0.2) is 11.4 Å². The molecule has 1 saturated heterocycles. The molecule has 6 N–H and O–H groups in total.